The van der Waals surface area contributed by atoms with Crippen LogP contribution in [0.15, 0.2) is 34.9 Å². The minimum atomic E-state index is -3.54. The third-order valence-electron chi connectivity index (χ3n) is 5.02. The summed E-state index contributed by atoms with van der Waals surface area (Å²) >= 11 is 0. The molecule has 1 amide bonds. The molecular weight excluding hydrogens is 366 g/mol. The van der Waals surface area contributed by atoms with Crippen LogP contribution in [0.3, 0.4) is 0 Å². The summed E-state index contributed by atoms with van der Waals surface area (Å²) in [5.41, 5.74) is 1.33. The van der Waals surface area contributed by atoms with Gasteiger partial charge in [0.1, 0.15) is 5.76 Å². The zero-order valence-corrected chi connectivity index (χ0v) is 16.6. The molecule has 1 aliphatic rings. The van der Waals surface area contributed by atoms with Crippen LogP contribution in [0.4, 0.5) is 5.69 Å². The molecule has 146 valence electrons. The number of amides is 1. The van der Waals surface area contributed by atoms with Gasteiger partial charge < -0.3 is 15.1 Å². The van der Waals surface area contributed by atoms with Gasteiger partial charge in [0, 0.05) is 23.4 Å². The van der Waals surface area contributed by atoms with E-state index in [4.69, 9.17) is 4.42 Å². The van der Waals surface area contributed by atoms with E-state index >= 15 is 0 Å². The number of nitrogens with zero attached hydrogens (tertiary/aromatic N) is 1. The Morgan fingerprint density at radius 1 is 1.22 bits per heavy atom. The molecule has 7 nitrogen and oxygen atoms in total. The van der Waals surface area contributed by atoms with Crippen LogP contribution in [0.25, 0.3) is 11.5 Å². The van der Waals surface area contributed by atoms with Crippen molar-refractivity contribution in [3.8, 4) is 11.5 Å². The van der Waals surface area contributed by atoms with Crippen molar-refractivity contribution < 1.29 is 17.6 Å². The van der Waals surface area contributed by atoms with Gasteiger partial charge >= 0.3 is 0 Å². The summed E-state index contributed by atoms with van der Waals surface area (Å²) in [7, 11) is -3.54. The van der Waals surface area contributed by atoms with E-state index < -0.39 is 20.5 Å². The van der Waals surface area contributed by atoms with Crippen molar-refractivity contribution in [3.05, 3.63) is 36.2 Å². The second-order valence-corrected chi connectivity index (χ2v) is 9.60. The first-order valence-electron chi connectivity index (χ1n) is 9.01. The van der Waals surface area contributed by atoms with Gasteiger partial charge in [-0.1, -0.05) is 13.8 Å². The Bertz CT molecular complexity index is 911. The van der Waals surface area contributed by atoms with Crippen LogP contribution in [-0.2, 0) is 14.6 Å². The van der Waals surface area contributed by atoms with Gasteiger partial charge in [0.2, 0.25) is 11.8 Å². The minimum absolute atomic E-state index is 0.252. The number of anilines is 1. The van der Waals surface area contributed by atoms with E-state index in [9.17, 15) is 13.2 Å². The molecule has 1 aliphatic heterocycles. The minimum Gasteiger partial charge on any atom is -0.441 e. The van der Waals surface area contributed by atoms with Crippen LogP contribution in [-0.4, -0.2) is 43.4 Å². The molecule has 2 N–H and O–H groups in total. The number of nitrogens with one attached hydrogen (secondary N) is 2. The van der Waals surface area contributed by atoms with Crippen LogP contribution in [0.1, 0.15) is 38.4 Å². The van der Waals surface area contributed by atoms with Crippen molar-refractivity contribution in [2.75, 3.05) is 24.7 Å². The van der Waals surface area contributed by atoms with Crippen molar-refractivity contribution >= 4 is 21.4 Å². The summed E-state index contributed by atoms with van der Waals surface area (Å²) in [5.74, 6) is 1.10. The molecule has 0 saturated carbocycles. The second kappa shape index (κ2) is 7.44. The highest BCUT2D eigenvalue weighted by atomic mass is 32.2. The molecule has 2 aromatic rings. The van der Waals surface area contributed by atoms with Gasteiger partial charge in [0.15, 0.2) is 14.6 Å². The van der Waals surface area contributed by atoms with Gasteiger partial charge in [-0.25, -0.2) is 13.4 Å². The lowest BCUT2D eigenvalue weighted by Gasteiger charge is -2.34. The van der Waals surface area contributed by atoms with Crippen LogP contribution in [0, 0.1) is 0 Å². The summed E-state index contributed by atoms with van der Waals surface area (Å²) in [6.45, 7) is 5.06. The first-order chi connectivity index (χ1) is 12.7. The highest BCUT2D eigenvalue weighted by Gasteiger charge is 2.48. The van der Waals surface area contributed by atoms with E-state index in [1.54, 1.807) is 30.5 Å². The number of hydrogen-bond acceptors (Lipinski definition) is 6. The molecule has 2 heterocycles. The number of aromatic nitrogens is 1. The Balaban J connectivity index is 1.78. The fourth-order valence-electron chi connectivity index (χ4n) is 3.22. The molecule has 0 unspecified atom stereocenters. The topological polar surface area (TPSA) is 101 Å². The molecule has 0 aliphatic carbocycles. The van der Waals surface area contributed by atoms with Crippen LogP contribution < -0.4 is 10.6 Å². The number of rotatable bonds is 5. The van der Waals surface area contributed by atoms with Gasteiger partial charge in [-0.2, -0.15) is 0 Å². The molecule has 0 spiro atoms. The summed E-state index contributed by atoms with van der Waals surface area (Å²) in [6, 6.07) is 7.04. The van der Waals surface area contributed by atoms with Crippen molar-refractivity contribution in [2.24, 2.45) is 0 Å². The standard InChI is InChI=1S/C19H25N3O4S/c1-13(2)16-12-21-17(26-16)14-4-6-15(7-5-14)22-18(23)19(27(3,24)25)8-10-20-11-9-19/h4-7,12-13,20H,8-11H2,1-3H3,(H,22,23). The van der Waals surface area contributed by atoms with Gasteiger partial charge in [0.05, 0.1) is 6.20 Å². The Kier molecular flexibility index (Phi) is 5.39. The highest BCUT2D eigenvalue weighted by Crippen LogP contribution is 2.30. The second-order valence-electron chi connectivity index (χ2n) is 7.27. The number of oxazole rings is 1. The van der Waals surface area contributed by atoms with E-state index in [-0.39, 0.29) is 18.8 Å². The quantitative estimate of drug-likeness (QED) is 0.812. The summed E-state index contributed by atoms with van der Waals surface area (Å²) in [5, 5.41) is 5.87. The maximum atomic E-state index is 12.8. The van der Waals surface area contributed by atoms with E-state index in [2.05, 4.69) is 15.6 Å². The Labute approximate surface area is 159 Å². The lowest BCUT2D eigenvalue weighted by molar-refractivity contribution is -0.119. The van der Waals surface area contributed by atoms with E-state index in [0.717, 1.165) is 17.6 Å². The molecule has 0 atom stereocenters. The Morgan fingerprint density at radius 3 is 2.37 bits per heavy atom. The monoisotopic (exact) mass is 391 g/mol. The van der Waals surface area contributed by atoms with Crippen molar-refractivity contribution in [2.45, 2.75) is 37.4 Å². The number of benzene rings is 1. The van der Waals surface area contributed by atoms with E-state index in [1.807, 2.05) is 13.8 Å². The third-order valence-corrected chi connectivity index (χ3v) is 7.03. The first kappa shape index (κ1) is 19.6. The summed E-state index contributed by atoms with van der Waals surface area (Å²) < 4.78 is 29.0. The maximum Gasteiger partial charge on any atom is 0.245 e. The molecule has 8 heteroatoms. The molecule has 27 heavy (non-hydrogen) atoms. The van der Waals surface area contributed by atoms with Gasteiger partial charge in [0.25, 0.3) is 0 Å². The van der Waals surface area contributed by atoms with Crippen molar-refractivity contribution in [3.63, 3.8) is 0 Å². The van der Waals surface area contributed by atoms with Crippen LogP contribution in [0.2, 0.25) is 0 Å². The van der Waals surface area contributed by atoms with Gasteiger partial charge in [-0.3, -0.25) is 4.79 Å². The first-order valence-corrected chi connectivity index (χ1v) is 10.9. The average molecular weight is 391 g/mol. The van der Waals surface area contributed by atoms with Crippen molar-refractivity contribution in [1.29, 1.82) is 0 Å². The molecule has 1 aromatic heterocycles. The smallest absolute Gasteiger partial charge is 0.245 e. The predicted molar refractivity (Wildman–Crippen MR) is 104 cm³/mol. The lowest BCUT2D eigenvalue weighted by atomic mass is 9.95. The summed E-state index contributed by atoms with van der Waals surface area (Å²) in [6.07, 6.45) is 3.38. The molecule has 0 bridgehead atoms. The summed E-state index contributed by atoms with van der Waals surface area (Å²) in [4.78, 5) is 17.1. The normalized spacial score (nSPS) is 17.0. The predicted octanol–water partition coefficient (Wildman–Crippen LogP) is 2.57. The zero-order chi connectivity index (χ0) is 19.7. The number of sulfone groups is 1. The number of carbonyl (C=O) groups is 1. The number of hydrogen-bond donors (Lipinski definition) is 2. The SMILES string of the molecule is CC(C)c1cnc(-c2ccc(NC(=O)C3(S(C)(=O)=O)CCNCC3)cc2)o1. The van der Waals surface area contributed by atoms with Gasteiger partial charge in [-0.15, -0.1) is 0 Å². The highest BCUT2D eigenvalue weighted by molar-refractivity contribution is 7.92. The third kappa shape index (κ3) is 3.91. The molecule has 1 aromatic carbocycles. The molecular formula is C19H25N3O4S. The molecule has 1 saturated heterocycles. The van der Waals surface area contributed by atoms with Gasteiger partial charge in [-0.05, 0) is 50.2 Å². The Hall–Kier alpha value is -2.19. The average Bonchev–Trinajstić information content (AvgIpc) is 3.12. The van der Waals surface area contributed by atoms with E-state index in [0.29, 0.717) is 24.7 Å². The van der Waals surface area contributed by atoms with Crippen LogP contribution >= 0.6 is 0 Å². The molecule has 1 fully saturated rings. The number of piperidine rings is 1. The Morgan fingerprint density at radius 2 is 1.85 bits per heavy atom. The fourth-order valence-corrected chi connectivity index (χ4v) is 4.56. The van der Waals surface area contributed by atoms with Crippen molar-refractivity contribution in [1.82, 2.24) is 10.3 Å². The molecule has 3 rings (SSSR count). The molecule has 0 radical (unpaired) electrons. The van der Waals surface area contributed by atoms with E-state index in [1.165, 1.54) is 0 Å². The zero-order valence-electron chi connectivity index (χ0n) is 15.8. The number of carbonyl (C=O) groups excluding carboxylic acids is 1. The lowest BCUT2D eigenvalue weighted by Crippen LogP contribution is -2.55. The largest absolute Gasteiger partial charge is 0.441 e. The maximum absolute atomic E-state index is 12.8. The fraction of sp³-hybridized carbons (Fsp3) is 0.474. The van der Waals surface area contributed by atoms with Crippen LogP contribution in [0.5, 0.6) is 0 Å².